The molecule has 0 radical (unpaired) electrons. The Bertz CT molecular complexity index is 118. The second kappa shape index (κ2) is 6.09. The first-order chi connectivity index (χ1) is 5.16. The number of carboxylic acid groups (broad SMARTS) is 1. The van der Waals surface area contributed by atoms with E-state index in [1.807, 2.05) is 0 Å². The van der Waals surface area contributed by atoms with Crippen molar-refractivity contribution in [3.63, 3.8) is 0 Å². The third-order valence-electron chi connectivity index (χ3n) is 1.24. The Morgan fingerprint density at radius 3 is 2.55 bits per heavy atom. The van der Waals surface area contributed by atoms with Gasteiger partial charge in [-0.15, -0.1) is 0 Å². The molecule has 0 spiro atoms. The van der Waals surface area contributed by atoms with Crippen molar-refractivity contribution >= 4 is 5.97 Å². The average Bonchev–Trinajstić information content (AvgIpc) is 1.86. The number of carboxylic acids is 1. The van der Waals surface area contributed by atoms with Crippen molar-refractivity contribution in [1.29, 1.82) is 0 Å². The van der Waals surface area contributed by atoms with Gasteiger partial charge in [0.1, 0.15) is 6.54 Å². The Hall–Kier alpha value is -0.650. The lowest BCUT2D eigenvalue weighted by Gasteiger charge is -2.12. The summed E-state index contributed by atoms with van der Waals surface area (Å²) in [5.41, 5.74) is 5.24. The van der Waals surface area contributed by atoms with Gasteiger partial charge < -0.3 is 10.8 Å². The Kier molecular flexibility index (Phi) is 5.73. The van der Waals surface area contributed by atoms with Gasteiger partial charge in [-0.3, -0.25) is 10.6 Å². The summed E-state index contributed by atoms with van der Waals surface area (Å²) in [5, 5.41) is 9.57. The van der Waals surface area contributed by atoms with E-state index >= 15 is 0 Å². The first-order valence-electron chi connectivity index (χ1n) is 3.58. The van der Waals surface area contributed by atoms with E-state index in [1.165, 1.54) is 5.01 Å². The van der Waals surface area contributed by atoms with Crippen molar-refractivity contribution in [2.24, 2.45) is 11.6 Å². The number of carbonyl (C=O) groups is 1. The zero-order valence-electron chi connectivity index (χ0n) is 6.49. The molecule has 0 unspecified atom stereocenters. The molecule has 66 valence electrons. The smallest absolute Gasteiger partial charge is 0.319 e. The molecule has 0 aliphatic carbocycles. The molecule has 5 nitrogen and oxygen atoms in total. The Balaban J connectivity index is 3.22. The van der Waals surface area contributed by atoms with Crippen LogP contribution in [0.15, 0.2) is 0 Å². The fourth-order valence-corrected chi connectivity index (χ4v) is 0.712. The molecule has 0 aliphatic heterocycles. The molecular formula is C6H15N3O2. The van der Waals surface area contributed by atoms with Gasteiger partial charge >= 0.3 is 5.97 Å². The number of hydrogen-bond donors (Lipinski definition) is 3. The largest absolute Gasteiger partial charge is 0.480 e. The maximum Gasteiger partial charge on any atom is 0.319 e. The third kappa shape index (κ3) is 7.24. The molecule has 0 bridgehead atoms. The summed E-state index contributed by atoms with van der Waals surface area (Å²) in [6.45, 7) is 1.11. The molecule has 5 N–H and O–H groups in total. The lowest BCUT2D eigenvalue weighted by molar-refractivity contribution is -0.138. The van der Waals surface area contributed by atoms with E-state index in [4.69, 9.17) is 16.7 Å². The Morgan fingerprint density at radius 2 is 2.09 bits per heavy atom. The molecule has 0 saturated heterocycles. The van der Waals surface area contributed by atoms with Crippen LogP contribution in [0.2, 0.25) is 0 Å². The van der Waals surface area contributed by atoms with Crippen molar-refractivity contribution < 1.29 is 9.90 Å². The molecule has 0 aromatic rings. The van der Waals surface area contributed by atoms with Gasteiger partial charge in [0.05, 0.1) is 0 Å². The molecule has 0 atom stereocenters. The minimum absolute atomic E-state index is 0.107. The van der Waals surface area contributed by atoms with Crippen LogP contribution in [0.4, 0.5) is 0 Å². The van der Waals surface area contributed by atoms with E-state index in [2.05, 4.69) is 0 Å². The van der Waals surface area contributed by atoms with E-state index in [9.17, 15) is 4.79 Å². The van der Waals surface area contributed by atoms with Gasteiger partial charge in [-0.2, -0.15) is 0 Å². The van der Waals surface area contributed by atoms with Crippen molar-refractivity contribution in [3.05, 3.63) is 0 Å². The fourth-order valence-electron chi connectivity index (χ4n) is 0.712. The van der Waals surface area contributed by atoms with Crippen LogP contribution in [-0.2, 0) is 4.79 Å². The molecule has 0 aliphatic rings. The first kappa shape index (κ1) is 10.3. The van der Waals surface area contributed by atoms with Crippen LogP contribution in [0.25, 0.3) is 0 Å². The summed E-state index contributed by atoms with van der Waals surface area (Å²) >= 11 is 0. The number of hydrogen-bond acceptors (Lipinski definition) is 4. The van der Waals surface area contributed by atoms with E-state index in [0.717, 1.165) is 12.8 Å². The minimum Gasteiger partial charge on any atom is -0.480 e. The summed E-state index contributed by atoms with van der Waals surface area (Å²) < 4.78 is 0. The fraction of sp³-hybridized carbons (Fsp3) is 0.833. The van der Waals surface area contributed by atoms with Gasteiger partial charge in [-0.05, 0) is 19.4 Å². The van der Waals surface area contributed by atoms with Crippen LogP contribution in [0, 0.1) is 0 Å². The number of nitrogens with zero attached hydrogens (tertiary/aromatic N) is 1. The molecule has 0 aromatic heterocycles. The van der Waals surface area contributed by atoms with E-state index in [0.29, 0.717) is 13.1 Å². The molecule has 0 fully saturated rings. The van der Waals surface area contributed by atoms with E-state index < -0.39 is 5.97 Å². The highest BCUT2D eigenvalue weighted by Crippen LogP contribution is 1.87. The van der Waals surface area contributed by atoms with Gasteiger partial charge in [0.2, 0.25) is 0 Å². The summed E-state index contributed by atoms with van der Waals surface area (Å²) in [7, 11) is 0. The van der Waals surface area contributed by atoms with Gasteiger partial charge in [0, 0.05) is 6.54 Å². The first-order valence-corrected chi connectivity index (χ1v) is 3.58. The SMILES string of the molecule is NCCCCN(N)CC(=O)O. The topological polar surface area (TPSA) is 92.6 Å². The maximum absolute atomic E-state index is 10.1. The van der Waals surface area contributed by atoms with Gasteiger partial charge in [0.15, 0.2) is 0 Å². The van der Waals surface area contributed by atoms with E-state index in [-0.39, 0.29) is 6.54 Å². The summed E-state index contributed by atoms with van der Waals surface area (Å²) in [6.07, 6.45) is 1.73. The second-order valence-corrected chi connectivity index (χ2v) is 2.36. The zero-order chi connectivity index (χ0) is 8.69. The van der Waals surface area contributed by atoms with Crippen LogP contribution in [-0.4, -0.2) is 35.7 Å². The molecule has 11 heavy (non-hydrogen) atoms. The van der Waals surface area contributed by atoms with Gasteiger partial charge in [-0.25, -0.2) is 5.01 Å². The van der Waals surface area contributed by atoms with Crippen molar-refractivity contribution in [2.75, 3.05) is 19.6 Å². The summed E-state index contributed by atoms with van der Waals surface area (Å²) in [5.74, 6) is 4.42. The maximum atomic E-state index is 10.1. The van der Waals surface area contributed by atoms with Gasteiger partial charge in [-0.1, -0.05) is 0 Å². The van der Waals surface area contributed by atoms with Gasteiger partial charge in [0.25, 0.3) is 0 Å². The van der Waals surface area contributed by atoms with E-state index in [1.54, 1.807) is 0 Å². The van der Waals surface area contributed by atoms with Crippen molar-refractivity contribution in [2.45, 2.75) is 12.8 Å². The quantitative estimate of drug-likeness (QED) is 0.263. The minimum atomic E-state index is -0.903. The molecule has 0 aromatic carbocycles. The summed E-state index contributed by atoms with van der Waals surface area (Å²) in [6, 6.07) is 0. The van der Waals surface area contributed by atoms with Crippen molar-refractivity contribution in [3.8, 4) is 0 Å². The van der Waals surface area contributed by atoms with Crippen molar-refractivity contribution in [1.82, 2.24) is 5.01 Å². The zero-order valence-corrected chi connectivity index (χ0v) is 6.49. The lowest BCUT2D eigenvalue weighted by Crippen LogP contribution is -2.36. The normalized spacial score (nSPS) is 10.5. The van der Waals surface area contributed by atoms with Crippen LogP contribution in [0.3, 0.4) is 0 Å². The molecule has 0 saturated carbocycles. The van der Waals surface area contributed by atoms with Crippen LogP contribution in [0.5, 0.6) is 0 Å². The summed E-state index contributed by atoms with van der Waals surface area (Å²) in [4.78, 5) is 10.1. The predicted molar refractivity (Wildman–Crippen MR) is 41.7 cm³/mol. The number of hydrazine groups is 1. The Morgan fingerprint density at radius 1 is 1.45 bits per heavy atom. The monoisotopic (exact) mass is 161 g/mol. The molecular weight excluding hydrogens is 146 g/mol. The molecule has 0 rings (SSSR count). The molecule has 0 amide bonds. The predicted octanol–water partition coefficient (Wildman–Crippen LogP) is -1.01. The third-order valence-corrected chi connectivity index (χ3v) is 1.24. The highest BCUT2D eigenvalue weighted by molar-refractivity contribution is 5.68. The number of unbranched alkanes of at least 4 members (excludes halogenated alkanes) is 1. The van der Waals surface area contributed by atoms with Crippen LogP contribution in [0.1, 0.15) is 12.8 Å². The highest BCUT2D eigenvalue weighted by Gasteiger charge is 2.02. The standard InChI is InChI=1S/C6H15N3O2/c7-3-1-2-4-9(8)5-6(10)11/h1-5,7-8H2,(H,10,11). The molecule has 0 heterocycles. The highest BCUT2D eigenvalue weighted by atomic mass is 16.4. The number of nitrogens with two attached hydrogens (primary N) is 2. The number of aliphatic carboxylic acids is 1. The van der Waals surface area contributed by atoms with Crippen LogP contribution >= 0.6 is 0 Å². The van der Waals surface area contributed by atoms with Crippen LogP contribution < -0.4 is 11.6 Å². The second-order valence-electron chi connectivity index (χ2n) is 2.36. The molecule has 5 heteroatoms. The lowest BCUT2D eigenvalue weighted by atomic mass is 10.3. The number of rotatable bonds is 6. The Labute approximate surface area is 65.9 Å². The average molecular weight is 161 g/mol.